The summed E-state index contributed by atoms with van der Waals surface area (Å²) in [7, 11) is 4.53. The number of rotatable bonds is 10. The number of primary amides is 1. The van der Waals surface area contributed by atoms with Crippen LogP contribution in [-0.2, 0) is 4.79 Å². The highest BCUT2D eigenvalue weighted by atomic mass is 32.1. The number of nitrogen functional groups attached to an aromatic ring is 1. The van der Waals surface area contributed by atoms with E-state index in [-0.39, 0.29) is 28.2 Å². The number of amides is 3. The number of carbonyl (C=O) groups excluding carboxylic acids is 3. The van der Waals surface area contributed by atoms with Crippen molar-refractivity contribution >= 4 is 40.6 Å². The molecule has 1 aliphatic rings. The van der Waals surface area contributed by atoms with Gasteiger partial charge in [0.2, 0.25) is 5.91 Å². The Bertz CT molecular complexity index is 1350. The van der Waals surface area contributed by atoms with Gasteiger partial charge < -0.3 is 31.0 Å². The summed E-state index contributed by atoms with van der Waals surface area (Å²) in [6.07, 6.45) is 3.73. The first-order valence-corrected chi connectivity index (χ1v) is 13.1. The van der Waals surface area contributed by atoms with Crippen LogP contribution in [0.4, 0.5) is 11.4 Å². The second-order valence-electron chi connectivity index (χ2n) is 9.02. The standard InChI is InChI=1S/C27H31N5O6S/c1-36-18-11-9-17(10-12-18)32(27(35)24-21(28)22(25(29)33)31-39-24)23(26(34)30-16-6-4-5-7-16)15-8-13-19(37-2)20(14-15)38-3/h8-14,16,23H,4-7,28H2,1-3H3,(H2,29,33)(H,30,34)/t23-/m1/s1. The third-order valence-corrected chi connectivity index (χ3v) is 7.51. The van der Waals surface area contributed by atoms with E-state index in [1.807, 2.05) is 0 Å². The monoisotopic (exact) mass is 553 g/mol. The van der Waals surface area contributed by atoms with E-state index >= 15 is 0 Å². The summed E-state index contributed by atoms with van der Waals surface area (Å²) in [5, 5.41) is 3.11. The van der Waals surface area contributed by atoms with E-state index in [4.69, 9.17) is 25.7 Å². The van der Waals surface area contributed by atoms with Gasteiger partial charge in [-0.2, -0.15) is 4.37 Å². The SMILES string of the molecule is COc1ccc(N(C(=O)c2snc(C(N)=O)c2N)[C@@H](C(=O)NC2CCCC2)c2ccc(OC)c(OC)c2)cc1. The molecule has 0 bridgehead atoms. The number of carbonyl (C=O) groups is 3. The largest absolute Gasteiger partial charge is 0.497 e. The Morgan fingerprint density at radius 3 is 2.23 bits per heavy atom. The molecule has 0 saturated heterocycles. The number of nitrogens with zero attached hydrogens (tertiary/aromatic N) is 2. The van der Waals surface area contributed by atoms with E-state index in [2.05, 4.69) is 9.69 Å². The highest BCUT2D eigenvalue weighted by molar-refractivity contribution is 7.09. The molecule has 3 amide bonds. The van der Waals surface area contributed by atoms with Crippen molar-refractivity contribution in [2.24, 2.45) is 5.73 Å². The van der Waals surface area contributed by atoms with Crippen molar-refractivity contribution in [2.45, 2.75) is 37.8 Å². The second-order valence-corrected chi connectivity index (χ2v) is 9.79. The summed E-state index contributed by atoms with van der Waals surface area (Å²) >= 11 is 0.746. The summed E-state index contributed by atoms with van der Waals surface area (Å²) in [5.74, 6) is -0.423. The molecule has 3 aromatic rings. The van der Waals surface area contributed by atoms with Crippen LogP contribution in [0.2, 0.25) is 0 Å². The maximum Gasteiger partial charge on any atom is 0.273 e. The van der Waals surface area contributed by atoms with Crippen LogP contribution in [0.25, 0.3) is 0 Å². The topological polar surface area (TPSA) is 159 Å². The molecule has 12 heteroatoms. The number of benzene rings is 2. The average molecular weight is 554 g/mol. The molecule has 0 aliphatic heterocycles. The zero-order chi connectivity index (χ0) is 28.1. The van der Waals surface area contributed by atoms with E-state index in [1.165, 1.54) is 26.2 Å². The van der Waals surface area contributed by atoms with Gasteiger partial charge in [-0.25, -0.2) is 0 Å². The van der Waals surface area contributed by atoms with Gasteiger partial charge in [0.15, 0.2) is 17.2 Å². The van der Waals surface area contributed by atoms with Crippen LogP contribution in [0.15, 0.2) is 42.5 Å². The Kier molecular flexibility index (Phi) is 8.55. The lowest BCUT2D eigenvalue weighted by molar-refractivity contribution is -0.123. The Hall–Kier alpha value is -4.32. The third kappa shape index (κ3) is 5.75. The lowest BCUT2D eigenvalue weighted by Crippen LogP contribution is -2.46. The van der Waals surface area contributed by atoms with Crippen molar-refractivity contribution in [1.82, 2.24) is 9.69 Å². The molecule has 0 radical (unpaired) electrons. The molecule has 1 atom stereocenters. The third-order valence-electron chi connectivity index (χ3n) is 6.66. The van der Waals surface area contributed by atoms with Gasteiger partial charge in [0.1, 0.15) is 16.7 Å². The van der Waals surface area contributed by atoms with E-state index in [0.29, 0.717) is 28.5 Å². The summed E-state index contributed by atoms with van der Waals surface area (Å²) in [4.78, 5) is 41.3. The van der Waals surface area contributed by atoms with Crippen molar-refractivity contribution in [1.29, 1.82) is 0 Å². The first-order valence-electron chi connectivity index (χ1n) is 12.3. The van der Waals surface area contributed by atoms with Gasteiger partial charge in [-0.1, -0.05) is 18.9 Å². The van der Waals surface area contributed by atoms with Crippen molar-refractivity contribution in [3.8, 4) is 17.2 Å². The quantitative estimate of drug-likeness (QED) is 0.345. The zero-order valence-corrected chi connectivity index (χ0v) is 22.7. The highest BCUT2D eigenvalue weighted by Crippen LogP contribution is 2.37. The fraction of sp³-hybridized carbons (Fsp3) is 0.333. The average Bonchev–Trinajstić information content (AvgIpc) is 3.60. The summed E-state index contributed by atoms with van der Waals surface area (Å²) in [6, 6.07) is 10.6. The number of nitrogens with two attached hydrogens (primary N) is 2. The molecule has 206 valence electrons. The van der Waals surface area contributed by atoms with Crippen LogP contribution in [0, 0.1) is 0 Å². The van der Waals surface area contributed by atoms with Crippen LogP contribution in [0.5, 0.6) is 17.2 Å². The molecule has 4 rings (SSSR count). The number of ether oxygens (including phenoxy) is 3. The van der Waals surface area contributed by atoms with Gasteiger partial charge in [0.25, 0.3) is 11.8 Å². The minimum absolute atomic E-state index is 0.0112. The Morgan fingerprint density at radius 1 is 1.00 bits per heavy atom. The predicted octanol–water partition coefficient (Wildman–Crippen LogP) is 3.30. The minimum Gasteiger partial charge on any atom is -0.497 e. The van der Waals surface area contributed by atoms with Gasteiger partial charge in [-0.05, 0) is 66.3 Å². The minimum atomic E-state index is -1.13. The normalized spacial score (nSPS) is 13.9. The molecule has 1 saturated carbocycles. The molecule has 1 aliphatic carbocycles. The van der Waals surface area contributed by atoms with Crippen molar-refractivity contribution in [3.63, 3.8) is 0 Å². The van der Waals surface area contributed by atoms with Crippen molar-refractivity contribution in [3.05, 3.63) is 58.6 Å². The number of nitrogens with one attached hydrogen (secondary N) is 1. The van der Waals surface area contributed by atoms with E-state index in [9.17, 15) is 14.4 Å². The number of anilines is 2. The Labute approximate surface area is 230 Å². The van der Waals surface area contributed by atoms with Crippen LogP contribution >= 0.6 is 11.5 Å². The highest BCUT2D eigenvalue weighted by Gasteiger charge is 2.37. The Balaban J connectivity index is 1.89. The molecule has 2 aromatic carbocycles. The predicted molar refractivity (Wildman–Crippen MR) is 148 cm³/mol. The van der Waals surface area contributed by atoms with E-state index in [0.717, 1.165) is 37.2 Å². The maximum atomic E-state index is 14.2. The number of methoxy groups -OCH3 is 3. The molecule has 11 nitrogen and oxygen atoms in total. The summed E-state index contributed by atoms with van der Waals surface area (Å²) < 4.78 is 20.1. The van der Waals surface area contributed by atoms with Gasteiger partial charge in [0.05, 0.1) is 27.0 Å². The number of hydrogen-bond acceptors (Lipinski definition) is 9. The molecule has 0 unspecified atom stereocenters. The molecule has 1 fully saturated rings. The fourth-order valence-electron chi connectivity index (χ4n) is 4.66. The molecule has 5 N–H and O–H groups in total. The number of hydrogen-bond donors (Lipinski definition) is 3. The lowest BCUT2D eigenvalue weighted by Gasteiger charge is -2.32. The van der Waals surface area contributed by atoms with Crippen LogP contribution in [-0.4, -0.2) is 49.5 Å². The van der Waals surface area contributed by atoms with Crippen LogP contribution in [0.1, 0.15) is 57.4 Å². The van der Waals surface area contributed by atoms with Crippen molar-refractivity contribution < 1.29 is 28.6 Å². The molecular weight excluding hydrogens is 522 g/mol. The van der Waals surface area contributed by atoms with E-state index < -0.39 is 17.9 Å². The van der Waals surface area contributed by atoms with Gasteiger partial charge in [-0.15, -0.1) is 0 Å². The molecule has 1 heterocycles. The summed E-state index contributed by atoms with van der Waals surface area (Å²) in [5.41, 5.74) is 12.1. The van der Waals surface area contributed by atoms with E-state index in [1.54, 1.807) is 42.5 Å². The second kappa shape index (κ2) is 12.0. The number of aromatic nitrogens is 1. The van der Waals surface area contributed by atoms with Gasteiger partial charge >= 0.3 is 0 Å². The van der Waals surface area contributed by atoms with Crippen LogP contribution < -0.4 is 35.9 Å². The summed E-state index contributed by atoms with van der Waals surface area (Å²) in [6.45, 7) is 0. The molecular formula is C27H31N5O6S. The first kappa shape index (κ1) is 27.7. The fourth-order valence-corrected chi connectivity index (χ4v) is 5.40. The van der Waals surface area contributed by atoms with Gasteiger partial charge in [-0.3, -0.25) is 19.3 Å². The molecule has 1 aromatic heterocycles. The van der Waals surface area contributed by atoms with Gasteiger partial charge in [0, 0.05) is 11.7 Å². The molecule has 0 spiro atoms. The maximum absolute atomic E-state index is 14.2. The zero-order valence-electron chi connectivity index (χ0n) is 21.9. The smallest absolute Gasteiger partial charge is 0.273 e. The molecule has 39 heavy (non-hydrogen) atoms. The first-order chi connectivity index (χ1) is 18.8. The Morgan fingerprint density at radius 2 is 1.67 bits per heavy atom. The van der Waals surface area contributed by atoms with Crippen LogP contribution in [0.3, 0.4) is 0 Å². The van der Waals surface area contributed by atoms with Crippen molar-refractivity contribution in [2.75, 3.05) is 32.0 Å². The lowest BCUT2D eigenvalue weighted by atomic mass is 10.0.